The van der Waals surface area contributed by atoms with Crippen LogP contribution in [0.1, 0.15) is 45.1 Å². The van der Waals surface area contributed by atoms with Gasteiger partial charge >= 0.3 is 18.2 Å². The second-order valence-corrected chi connectivity index (χ2v) is 13.7. The van der Waals surface area contributed by atoms with Crippen LogP contribution in [-0.2, 0) is 35.3 Å². The lowest BCUT2D eigenvalue weighted by Crippen LogP contribution is -2.69. The van der Waals surface area contributed by atoms with E-state index in [0.29, 0.717) is 17.6 Å². The van der Waals surface area contributed by atoms with Crippen LogP contribution >= 0.6 is 0 Å². The van der Waals surface area contributed by atoms with Gasteiger partial charge in [-0.2, -0.15) is 0 Å². The van der Waals surface area contributed by atoms with Gasteiger partial charge in [0.05, 0.1) is 24.2 Å². The maximum absolute atomic E-state index is 17.3. The lowest BCUT2D eigenvalue weighted by Gasteiger charge is -2.62. The molecule has 1 aromatic carbocycles. The summed E-state index contributed by atoms with van der Waals surface area (Å²) in [5.74, 6) is -4.86. The third-order valence-electron chi connectivity index (χ3n) is 11.1. The highest BCUT2D eigenvalue weighted by Gasteiger charge is 2.76. The minimum Gasteiger partial charge on any atom is -0.480 e. The van der Waals surface area contributed by atoms with E-state index >= 15 is 4.39 Å². The molecular weight excluding hydrogens is 683 g/mol. The van der Waals surface area contributed by atoms with Gasteiger partial charge in [0, 0.05) is 16.7 Å². The summed E-state index contributed by atoms with van der Waals surface area (Å²) in [5.41, 5.74) is -6.79. The molecule has 0 radical (unpaired) electrons. The second-order valence-electron chi connectivity index (χ2n) is 13.7. The number of ether oxygens (including phenoxy) is 3. The van der Waals surface area contributed by atoms with Gasteiger partial charge in [-0.3, -0.25) is 20.0 Å². The predicted molar refractivity (Wildman–Crippen MR) is 164 cm³/mol. The number of nitrogens with zero attached hydrogens (tertiary/aromatic N) is 1. The van der Waals surface area contributed by atoms with Crippen LogP contribution in [0.4, 0.5) is 14.0 Å². The molecule has 17 nitrogen and oxygen atoms in total. The molecule has 0 aromatic heterocycles. The van der Waals surface area contributed by atoms with Crippen LogP contribution in [0.5, 0.6) is 5.75 Å². The molecule has 1 amide bonds. The number of nitrogens with one attached hydrogen (secondary N) is 1. The van der Waals surface area contributed by atoms with E-state index in [4.69, 9.17) is 24.6 Å². The molecule has 0 spiro atoms. The number of ketones is 2. The van der Waals surface area contributed by atoms with Gasteiger partial charge in [0.1, 0.15) is 12.4 Å². The topological polar surface area (TPSA) is 259 Å². The van der Waals surface area contributed by atoms with E-state index in [1.54, 1.807) is 6.92 Å². The molecule has 3 saturated carbocycles. The Morgan fingerprint density at radius 3 is 2.39 bits per heavy atom. The van der Waals surface area contributed by atoms with Gasteiger partial charge in [0.25, 0.3) is 0 Å². The Labute approximate surface area is 289 Å². The molecule has 9 atom stereocenters. The number of hydrogen-bond donors (Lipinski definition) is 7. The molecule has 1 aromatic rings. The Bertz CT molecular complexity index is 1630. The van der Waals surface area contributed by atoms with Crippen LogP contribution in [0.3, 0.4) is 0 Å². The number of aliphatic hydroxyl groups is 3. The van der Waals surface area contributed by atoms with Crippen molar-refractivity contribution in [2.75, 3.05) is 13.2 Å². The number of alkyl carbamates (subject to hydrolysis) is 1. The monoisotopic (exact) mass is 722 g/mol. The number of amides is 1. The van der Waals surface area contributed by atoms with Crippen LogP contribution in [-0.4, -0.2) is 109 Å². The Balaban J connectivity index is 1.18. The molecule has 4 aliphatic carbocycles. The van der Waals surface area contributed by atoms with Crippen molar-refractivity contribution >= 4 is 29.8 Å². The summed E-state index contributed by atoms with van der Waals surface area (Å²) in [7, 11) is 0. The minimum absolute atomic E-state index is 0.0291. The van der Waals surface area contributed by atoms with E-state index in [9.17, 15) is 44.4 Å². The van der Waals surface area contributed by atoms with Crippen molar-refractivity contribution < 1.29 is 78.3 Å². The molecule has 51 heavy (non-hydrogen) atoms. The fraction of sp³-hybridized carbons (Fsp3) is 0.545. The summed E-state index contributed by atoms with van der Waals surface area (Å²) in [6.45, 7) is 0.761. The van der Waals surface area contributed by atoms with Gasteiger partial charge in [-0.25, -0.2) is 23.6 Å². The number of carboxylic acids is 1. The van der Waals surface area contributed by atoms with Crippen LogP contribution in [0.2, 0.25) is 0 Å². The summed E-state index contributed by atoms with van der Waals surface area (Å²) in [6.07, 6.45) is -2.33. The predicted octanol–water partition coefficient (Wildman–Crippen LogP) is 1.54. The fourth-order valence-corrected chi connectivity index (χ4v) is 8.39. The zero-order valence-electron chi connectivity index (χ0n) is 27.6. The lowest BCUT2D eigenvalue weighted by atomic mass is 9.44. The molecule has 7 N–H and O–H groups in total. The molecule has 5 rings (SSSR count). The number of aliphatic hydroxyl groups excluding tert-OH is 2. The molecule has 18 heteroatoms. The SMILES string of the molecule is C[C@]12C=CC(=O)C=C1CC[C@H]1[C@@H]3C[C@@H](O)[C@](O)(C(=O)COC(=O)NC(COC(=O)Oc4ccc(CON(O)O)cc4)C(=O)O)[C@@]3(C)C[C@H](O)[C@@]12F. The highest BCUT2D eigenvalue weighted by atomic mass is 19.1. The first kappa shape index (κ1) is 37.9. The Morgan fingerprint density at radius 1 is 1.06 bits per heavy atom. The van der Waals surface area contributed by atoms with E-state index in [1.165, 1.54) is 49.4 Å². The molecule has 0 heterocycles. The third kappa shape index (κ3) is 6.63. The zero-order valence-corrected chi connectivity index (χ0v) is 27.6. The lowest BCUT2D eigenvalue weighted by molar-refractivity contribution is -0.497. The summed E-state index contributed by atoms with van der Waals surface area (Å²) in [6, 6.07) is 3.57. The van der Waals surface area contributed by atoms with Crippen LogP contribution in [0.25, 0.3) is 0 Å². The minimum atomic E-state index is -2.59. The van der Waals surface area contributed by atoms with E-state index in [2.05, 4.69) is 4.84 Å². The first-order valence-electron chi connectivity index (χ1n) is 16.0. The van der Waals surface area contributed by atoms with Crippen molar-refractivity contribution in [2.45, 2.75) is 75.7 Å². The number of allylic oxidation sites excluding steroid dienone is 4. The number of hydrogen-bond acceptors (Lipinski definition) is 15. The van der Waals surface area contributed by atoms with Gasteiger partial charge in [-0.15, -0.1) is 0 Å². The summed E-state index contributed by atoms with van der Waals surface area (Å²) in [5, 5.41) is 62.4. The Morgan fingerprint density at radius 2 is 1.75 bits per heavy atom. The van der Waals surface area contributed by atoms with E-state index in [0.717, 1.165) is 0 Å². The molecule has 278 valence electrons. The molecule has 0 bridgehead atoms. The number of carbonyl (C=O) groups is 5. The van der Waals surface area contributed by atoms with Crippen molar-refractivity contribution in [2.24, 2.45) is 22.7 Å². The van der Waals surface area contributed by atoms with Crippen molar-refractivity contribution in [3.63, 3.8) is 0 Å². The molecule has 3 fully saturated rings. The zero-order chi connectivity index (χ0) is 37.5. The molecule has 0 saturated heterocycles. The highest BCUT2D eigenvalue weighted by molar-refractivity contribution is 6.01. The normalized spacial score (nSPS) is 34.4. The molecule has 0 aliphatic heterocycles. The number of carboxylic acid groups (broad SMARTS) is 1. The number of fused-ring (bicyclic) bond motifs is 5. The van der Waals surface area contributed by atoms with Gasteiger partial charge in [0.15, 0.2) is 29.7 Å². The van der Waals surface area contributed by atoms with Gasteiger partial charge < -0.3 is 40.0 Å². The van der Waals surface area contributed by atoms with Crippen molar-refractivity contribution in [1.82, 2.24) is 10.7 Å². The number of aliphatic carboxylic acids is 1. The largest absolute Gasteiger partial charge is 0.513 e. The first-order valence-corrected chi connectivity index (χ1v) is 16.0. The smallest absolute Gasteiger partial charge is 0.480 e. The number of rotatable bonds is 11. The summed E-state index contributed by atoms with van der Waals surface area (Å²) < 4.78 is 31.9. The fourth-order valence-electron chi connectivity index (χ4n) is 8.39. The average Bonchev–Trinajstić information content (AvgIpc) is 3.27. The summed E-state index contributed by atoms with van der Waals surface area (Å²) in [4.78, 5) is 66.4. The van der Waals surface area contributed by atoms with Crippen molar-refractivity contribution in [3.05, 3.63) is 53.6 Å². The van der Waals surface area contributed by atoms with Crippen LogP contribution in [0.15, 0.2) is 48.1 Å². The third-order valence-corrected chi connectivity index (χ3v) is 11.1. The average molecular weight is 723 g/mol. The van der Waals surface area contributed by atoms with E-state index < -0.39 is 101 Å². The maximum Gasteiger partial charge on any atom is 0.513 e. The molecular formula is C33H39FN2O15. The summed E-state index contributed by atoms with van der Waals surface area (Å²) >= 11 is 0. The standard InChI is InChI=1S/C33H39FN2O15/c1-30-10-9-19(37)11-18(30)5-8-21-22-12-24(38)33(45,31(22,2)13-25(39)32(21,30)34)26(40)16-48-28(43)35-23(27(41)42)15-49-29(44)51-20-6-3-17(4-7-20)14-50-36(46)47/h3-4,6-7,9-11,21-25,38-39,45-47H,5,8,12-16H2,1-2H3,(H,35,43)(H,41,42)/t21-,22-,23?,24+,25-,30-,31-,32-,33-/m0/s1. The number of halogens is 1. The van der Waals surface area contributed by atoms with Crippen LogP contribution in [0, 0.1) is 22.7 Å². The second kappa shape index (κ2) is 14.0. The Kier molecular flexibility index (Phi) is 10.4. The van der Waals surface area contributed by atoms with E-state index in [1.807, 2.05) is 5.32 Å². The number of alkyl halides is 1. The van der Waals surface area contributed by atoms with Gasteiger partial charge in [-0.1, -0.05) is 30.7 Å². The molecule has 4 aliphatic rings. The Hall–Kier alpha value is -4.30. The van der Waals surface area contributed by atoms with Gasteiger partial charge in [-0.05, 0) is 68.4 Å². The maximum atomic E-state index is 17.3. The number of Topliss-reactive ketones (excluding diaryl/α,β-unsaturated/α-hetero) is 1. The van der Waals surface area contributed by atoms with Gasteiger partial charge in [0.2, 0.25) is 5.78 Å². The number of carbonyl (C=O) groups excluding carboxylic acids is 4. The quantitative estimate of drug-likeness (QED) is 0.0971. The van der Waals surface area contributed by atoms with E-state index in [-0.39, 0.29) is 31.0 Å². The highest BCUT2D eigenvalue weighted by Crippen LogP contribution is 2.69. The van der Waals surface area contributed by atoms with Crippen LogP contribution < -0.4 is 10.1 Å². The number of benzene rings is 1. The molecule has 1 unspecified atom stereocenters. The first-order chi connectivity index (χ1) is 23.9. The van der Waals surface area contributed by atoms with Crippen molar-refractivity contribution in [1.29, 1.82) is 0 Å². The van der Waals surface area contributed by atoms with Crippen molar-refractivity contribution in [3.8, 4) is 5.75 Å².